The average Bonchev–Trinajstić information content (AvgIpc) is 2.82. The summed E-state index contributed by atoms with van der Waals surface area (Å²) in [5.41, 5.74) is 1.90. The predicted molar refractivity (Wildman–Crippen MR) is 132 cm³/mol. The lowest BCUT2D eigenvalue weighted by molar-refractivity contribution is -0.142. The fourth-order valence-electron chi connectivity index (χ4n) is 3.27. The summed E-state index contributed by atoms with van der Waals surface area (Å²) in [6.07, 6.45) is 0.404. The molecule has 0 aliphatic heterocycles. The Morgan fingerprint density at radius 3 is 2.06 bits per heavy atom. The number of hydrogen-bond acceptors (Lipinski definition) is 3. The molecule has 3 rings (SSSR count). The Labute approximate surface area is 205 Å². The molecule has 0 aliphatic rings. The number of halogens is 2. The van der Waals surface area contributed by atoms with Gasteiger partial charge in [0.1, 0.15) is 11.8 Å². The number of carbonyl (C=O) groups excluding carboxylic acids is 2. The van der Waals surface area contributed by atoms with Gasteiger partial charge in [0.2, 0.25) is 5.91 Å². The molecule has 0 saturated carbocycles. The first kappa shape index (κ1) is 24.0. The molecular weight excluding hydrogens is 536 g/mol. The van der Waals surface area contributed by atoms with Crippen LogP contribution in [0.5, 0.6) is 5.75 Å². The number of hydrogen-bond donors (Lipinski definition) is 1. The predicted octanol–water partition coefficient (Wildman–Crippen LogP) is 4.98. The fourth-order valence-corrected chi connectivity index (χ4v) is 3.79. The lowest BCUT2D eigenvalue weighted by Crippen LogP contribution is -2.51. The van der Waals surface area contributed by atoms with Gasteiger partial charge in [-0.1, -0.05) is 74.3 Å². The Kier molecular flexibility index (Phi) is 8.88. The molecule has 5 nitrogen and oxygen atoms in total. The molecule has 0 heterocycles. The molecule has 0 radical (unpaired) electrons. The van der Waals surface area contributed by atoms with Crippen LogP contribution in [-0.4, -0.2) is 36.4 Å². The van der Waals surface area contributed by atoms with Crippen molar-refractivity contribution in [3.8, 4) is 5.75 Å². The molecule has 1 N–H and O–H groups in total. The van der Waals surface area contributed by atoms with Crippen LogP contribution in [0.2, 0.25) is 0 Å². The molecule has 3 aromatic carbocycles. The summed E-state index contributed by atoms with van der Waals surface area (Å²) in [6, 6.07) is 24.0. The summed E-state index contributed by atoms with van der Waals surface area (Å²) in [6.45, 7) is 0.126. The highest BCUT2D eigenvalue weighted by atomic mass is 79.9. The van der Waals surface area contributed by atoms with Crippen molar-refractivity contribution in [3.63, 3.8) is 0 Å². The quantitative estimate of drug-likeness (QED) is 0.402. The molecule has 0 aromatic heterocycles. The molecule has 0 saturated heterocycles. The summed E-state index contributed by atoms with van der Waals surface area (Å²) < 4.78 is 7.60. The van der Waals surface area contributed by atoms with Gasteiger partial charge in [-0.3, -0.25) is 9.59 Å². The first-order valence-corrected chi connectivity index (χ1v) is 11.7. The molecule has 0 bridgehead atoms. The molecule has 166 valence electrons. The van der Waals surface area contributed by atoms with E-state index in [4.69, 9.17) is 4.74 Å². The van der Waals surface area contributed by atoms with Crippen molar-refractivity contribution < 1.29 is 14.3 Å². The van der Waals surface area contributed by atoms with Crippen LogP contribution in [0.25, 0.3) is 0 Å². The summed E-state index contributed by atoms with van der Waals surface area (Å²) in [5, 5.41) is 2.71. The monoisotopic (exact) mass is 558 g/mol. The fraction of sp³-hybridized carbons (Fsp3) is 0.200. The maximum Gasteiger partial charge on any atom is 0.261 e. The minimum absolute atomic E-state index is 0.166. The molecule has 2 amide bonds. The Hall–Kier alpha value is -2.64. The zero-order valence-corrected chi connectivity index (χ0v) is 20.8. The van der Waals surface area contributed by atoms with Gasteiger partial charge >= 0.3 is 0 Å². The summed E-state index contributed by atoms with van der Waals surface area (Å²) in [7, 11) is 1.58. The standard InChI is InChI=1S/C25H24Br2N2O3/c1-28-25(31)23(15-18-5-3-2-4-6-18)29(16-19-7-9-20(26)10-8-19)24(30)17-32-22-13-11-21(27)12-14-22/h2-14,23H,15-17H2,1H3,(H,28,31)/t23-/m1/s1. The molecule has 0 aliphatic carbocycles. The van der Waals surface area contributed by atoms with Crippen molar-refractivity contribution in [1.82, 2.24) is 10.2 Å². The van der Waals surface area contributed by atoms with Crippen molar-refractivity contribution in [3.05, 3.63) is 98.9 Å². The van der Waals surface area contributed by atoms with Crippen LogP contribution < -0.4 is 10.1 Å². The maximum absolute atomic E-state index is 13.3. The second-order valence-corrected chi connectivity index (χ2v) is 9.04. The zero-order valence-electron chi connectivity index (χ0n) is 17.6. The van der Waals surface area contributed by atoms with E-state index in [1.165, 1.54) is 0 Å². The summed E-state index contributed by atoms with van der Waals surface area (Å²) in [4.78, 5) is 27.8. The van der Waals surface area contributed by atoms with Crippen LogP contribution in [0.1, 0.15) is 11.1 Å². The normalized spacial score (nSPS) is 11.5. The Bertz CT molecular complexity index is 1030. The molecule has 0 unspecified atom stereocenters. The number of amides is 2. The van der Waals surface area contributed by atoms with Crippen molar-refractivity contribution in [2.75, 3.05) is 13.7 Å². The molecule has 0 spiro atoms. The van der Waals surface area contributed by atoms with E-state index in [1.54, 1.807) is 24.1 Å². The van der Waals surface area contributed by atoms with Crippen LogP contribution in [0.3, 0.4) is 0 Å². The van der Waals surface area contributed by atoms with Crippen molar-refractivity contribution in [2.24, 2.45) is 0 Å². The van der Waals surface area contributed by atoms with Crippen LogP contribution >= 0.6 is 31.9 Å². The van der Waals surface area contributed by atoms with Crippen molar-refractivity contribution in [2.45, 2.75) is 19.0 Å². The molecular formula is C25H24Br2N2O3. The Balaban J connectivity index is 1.85. The van der Waals surface area contributed by atoms with Crippen LogP contribution in [-0.2, 0) is 22.6 Å². The lowest BCUT2D eigenvalue weighted by atomic mass is 10.0. The second kappa shape index (κ2) is 11.8. The first-order chi connectivity index (χ1) is 15.5. The second-order valence-electron chi connectivity index (χ2n) is 7.21. The van der Waals surface area contributed by atoms with Crippen LogP contribution in [0.15, 0.2) is 87.8 Å². The summed E-state index contributed by atoms with van der Waals surface area (Å²) >= 11 is 6.82. The highest BCUT2D eigenvalue weighted by Crippen LogP contribution is 2.19. The Morgan fingerprint density at radius 1 is 0.875 bits per heavy atom. The van der Waals surface area contributed by atoms with E-state index in [-0.39, 0.29) is 18.4 Å². The average molecular weight is 560 g/mol. The molecule has 7 heteroatoms. The maximum atomic E-state index is 13.3. The SMILES string of the molecule is CNC(=O)[C@@H](Cc1ccccc1)N(Cc1ccc(Br)cc1)C(=O)COc1ccc(Br)cc1. The van der Waals surface area contributed by atoms with Gasteiger partial charge < -0.3 is 15.0 Å². The molecule has 3 aromatic rings. The number of ether oxygens (including phenoxy) is 1. The number of carbonyl (C=O) groups is 2. The number of likely N-dealkylation sites (N-methyl/N-ethyl adjacent to an activating group) is 1. The largest absolute Gasteiger partial charge is 0.484 e. The van der Waals surface area contributed by atoms with Crippen LogP contribution in [0, 0.1) is 0 Å². The topological polar surface area (TPSA) is 58.6 Å². The number of benzene rings is 3. The minimum Gasteiger partial charge on any atom is -0.484 e. The third-order valence-electron chi connectivity index (χ3n) is 4.96. The molecule has 32 heavy (non-hydrogen) atoms. The third-order valence-corrected chi connectivity index (χ3v) is 6.02. The van der Waals surface area contributed by atoms with Crippen molar-refractivity contribution in [1.29, 1.82) is 0 Å². The molecule has 1 atom stereocenters. The van der Waals surface area contributed by atoms with Gasteiger partial charge in [0.25, 0.3) is 5.91 Å². The van der Waals surface area contributed by atoms with Gasteiger partial charge in [-0.25, -0.2) is 0 Å². The van der Waals surface area contributed by atoms with E-state index < -0.39 is 6.04 Å². The number of nitrogens with one attached hydrogen (secondary N) is 1. The van der Waals surface area contributed by atoms with E-state index in [0.29, 0.717) is 18.7 Å². The van der Waals surface area contributed by atoms with Crippen molar-refractivity contribution >= 4 is 43.7 Å². The van der Waals surface area contributed by atoms with Gasteiger partial charge in [-0.05, 0) is 47.5 Å². The third kappa shape index (κ3) is 6.93. The zero-order chi connectivity index (χ0) is 22.9. The number of nitrogens with zero attached hydrogens (tertiary/aromatic N) is 1. The highest BCUT2D eigenvalue weighted by molar-refractivity contribution is 9.10. The Morgan fingerprint density at radius 2 is 1.47 bits per heavy atom. The minimum atomic E-state index is -0.674. The van der Waals surface area contributed by atoms with Gasteiger partial charge in [-0.15, -0.1) is 0 Å². The van der Waals surface area contributed by atoms with E-state index in [9.17, 15) is 9.59 Å². The lowest BCUT2D eigenvalue weighted by Gasteiger charge is -2.31. The number of rotatable bonds is 9. The van der Waals surface area contributed by atoms with E-state index in [0.717, 1.165) is 20.1 Å². The summed E-state index contributed by atoms with van der Waals surface area (Å²) in [5.74, 6) is 0.105. The molecule has 0 fully saturated rings. The van der Waals surface area contributed by atoms with E-state index in [2.05, 4.69) is 37.2 Å². The first-order valence-electron chi connectivity index (χ1n) is 10.1. The van der Waals surface area contributed by atoms with Gasteiger partial charge in [0, 0.05) is 29.0 Å². The van der Waals surface area contributed by atoms with Crippen LogP contribution in [0.4, 0.5) is 0 Å². The highest BCUT2D eigenvalue weighted by Gasteiger charge is 2.30. The smallest absolute Gasteiger partial charge is 0.261 e. The van der Waals surface area contributed by atoms with Gasteiger partial charge in [0.05, 0.1) is 0 Å². The van der Waals surface area contributed by atoms with E-state index in [1.807, 2.05) is 66.7 Å². The van der Waals surface area contributed by atoms with Gasteiger partial charge in [-0.2, -0.15) is 0 Å². The van der Waals surface area contributed by atoms with Gasteiger partial charge in [0.15, 0.2) is 6.61 Å². The van der Waals surface area contributed by atoms with E-state index >= 15 is 0 Å².